The molecular formula is C15H16ClFN4O2. The van der Waals surface area contributed by atoms with Crippen LogP contribution in [-0.2, 0) is 0 Å². The number of hydrogen-bond acceptors (Lipinski definition) is 4. The molecule has 2 amide bonds. The second-order valence-corrected chi connectivity index (χ2v) is 5.91. The van der Waals surface area contributed by atoms with E-state index < -0.39 is 5.82 Å². The normalized spacial score (nSPS) is 15.7. The molecule has 0 radical (unpaired) electrons. The number of likely N-dealkylation sites (tertiary alicyclic amines) is 1. The van der Waals surface area contributed by atoms with Crippen molar-refractivity contribution in [3.63, 3.8) is 0 Å². The average Bonchev–Trinajstić information content (AvgIpc) is 2.97. The number of nitrogens with one attached hydrogen (secondary N) is 1. The summed E-state index contributed by atoms with van der Waals surface area (Å²) in [6.45, 7) is 1.11. The number of anilines is 2. The molecule has 122 valence electrons. The van der Waals surface area contributed by atoms with Crippen LogP contribution in [0.2, 0.25) is 5.02 Å². The van der Waals surface area contributed by atoms with E-state index >= 15 is 0 Å². The molecule has 1 aliphatic heterocycles. The Morgan fingerprint density at radius 2 is 2.13 bits per heavy atom. The Hall–Kier alpha value is -2.28. The number of urea groups is 1. The molecule has 0 unspecified atom stereocenters. The van der Waals surface area contributed by atoms with E-state index in [1.807, 2.05) is 0 Å². The molecule has 8 heteroatoms. The molecule has 0 atom stereocenters. The Morgan fingerprint density at radius 3 is 2.74 bits per heavy atom. The maximum absolute atomic E-state index is 13.7. The van der Waals surface area contributed by atoms with E-state index in [1.54, 1.807) is 11.0 Å². The van der Waals surface area contributed by atoms with Gasteiger partial charge in [0.25, 0.3) is 0 Å². The molecule has 1 aromatic carbocycles. The van der Waals surface area contributed by atoms with Gasteiger partial charge in [0.2, 0.25) is 5.88 Å². The number of aromatic nitrogens is 1. The first-order valence-electron chi connectivity index (χ1n) is 7.26. The zero-order chi connectivity index (χ0) is 16.4. The van der Waals surface area contributed by atoms with Gasteiger partial charge in [-0.3, -0.25) is 0 Å². The van der Waals surface area contributed by atoms with Crippen molar-refractivity contribution in [3.05, 3.63) is 40.8 Å². The second-order valence-electron chi connectivity index (χ2n) is 5.47. The number of nitrogens with zero attached hydrogens (tertiary/aromatic N) is 2. The van der Waals surface area contributed by atoms with Gasteiger partial charge in [-0.05, 0) is 31.0 Å². The summed E-state index contributed by atoms with van der Waals surface area (Å²) in [6, 6.07) is 5.52. The maximum Gasteiger partial charge on any atom is 0.321 e. The molecule has 23 heavy (non-hydrogen) atoms. The zero-order valence-corrected chi connectivity index (χ0v) is 13.0. The lowest BCUT2D eigenvalue weighted by atomic mass is 9.94. The predicted octanol–water partition coefficient (Wildman–Crippen LogP) is 3.46. The van der Waals surface area contributed by atoms with Gasteiger partial charge in [-0.1, -0.05) is 16.8 Å². The summed E-state index contributed by atoms with van der Waals surface area (Å²) in [5, 5.41) is 6.77. The first-order valence-corrected chi connectivity index (χ1v) is 7.64. The van der Waals surface area contributed by atoms with Crippen molar-refractivity contribution in [2.45, 2.75) is 18.8 Å². The van der Waals surface area contributed by atoms with E-state index in [9.17, 15) is 9.18 Å². The summed E-state index contributed by atoms with van der Waals surface area (Å²) < 4.78 is 18.6. The summed E-state index contributed by atoms with van der Waals surface area (Å²) in [5.74, 6) is -0.0513. The van der Waals surface area contributed by atoms with Crippen LogP contribution in [0.15, 0.2) is 28.8 Å². The van der Waals surface area contributed by atoms with Gasteiger partial charge in [0.05, 0.1) is 11.4 Å². The predicted molar refractivity (Wildman–Crippen MR) is 84.9 cm³/mol. The Morgan fingerprint density at radius 1 is 1.39 bits per heavy atom. The van der Waals surface area contributed by atoms with E-state index in [2.05, 4.69) is 10.5 Å². The van der Waals surface area contributed by atoms with Crippen molar-refractivity contribution in [2.24, 2.45) is 0 Å². The lowest BCUT2D eigenvalue weighted by Gasteiger charge is -2.31. The summed E-state index contributed by atoms with van der Waals surface area (Å²) >= 11 is 5.69. The van der Waals surface area contributed by atoms with Crippen molar-refractivity contribution >= 4 is 29.2 Å². The van der Waals surface area contributed by atoms with Crippen LogP contribution in [-0.4, -0.2) is 29.2 Å². The fourth-order valence-corrected chi connectivity index (χ4v) is 2.82. The highest BCUT2D eigenvalue weighted by atomic mass is 35.5. The first kappa shape index (κ1) is 15.6. The monoisotopic (exact) mass is 338 g/mol. The summed E-state index contributed by atoms with van der Waals surface area (Å²) in [5.41, 5.74) is 6.45. The number of piperidine rings is 1. The highest BCUT2D eigenvalue weighted by molar-refractivity contribution is 6.30. The zero-order valence-electron chi connectivity index (χ0n) is 12.3. The fourth-order valence-electron chi connectivity index (χ4n) is 2.66. The van der Waals surface area contributed by atoms with E-state index in [0.29, 0.717) is 19.0 Å². The smallest absolute Gasteiger partial charge is 0.321 e. The van der Waals surface area contributed by atoms with Crippen LogP contribution in [0.4, 0.5) is 20.8 Å². The molecule has 1 saturated heterocycles. The average molecular weight is 339 g/mol. The van der Waals surface area contributed by atoms with Crippen LogP contribution in [0.3, 0.4) is 0 Å². The Labute approximate surface area is 137 Å². The third kappa shape index (κ3) is 3.56. The van der Waals surface area contributed by atoms with Gasteiger partial charge < -0.3 is 20.5 Å². The Bertz CT molecular complexity index is 713. The number of benzene rings is 1. The Balaban J connectivity index is 1.58. The van der Waals surface area contributed by atoms with Crippen molar-refractivity contribution in [2.75, 3.05) is 24.1 Å². The van der Waals surface area contributed by atoms with Gasteiger partial charge >= 0.3 is 6.03 Å². The highest BCUT2D eigenvalue weighted by Gasteiger charge is 2.26. The van der Waals surface area contributed by atoms with Crippen LogP contribution in [0.1, 0.15) is 24.5 Å². The van der Waals surface area contributed by atoms with Crippen LogP contribution in [0.25, 0.3) is 0 Å². The number of hydrogen-bond donors (Lipinski definition) is 2. The molecule has 3 N–H and O–H groups in total. The second kappa shape index (κ2) is 6.45. The molecule has 0 spiro atoms. The minimum absolute atomic E-state index is 0.116. The lowest BCUT2D eigenvalue weighted by molar-refractivity contribution is 0.193. The number of rotatable bonds is 2. The first-order chi connectivity index (χ1) is 11.0. The van der Waals surface area contributed by atoms with E-state index in [4.69, 9.17) is 21.9 Å². The molecular weight excluding hydrogens is 323 g/mol. The van der Waals surface area contributed by atoms with Crippen molar-refractivity contribution in [1.29, 1.82) is 0 Å². The van der Waals surface area contributed by atoms with Gasteiger partial charge in [-0.2, -0.15) is 0 Å². The molecule has 1 fully saturated rings. The van der Waals surface area contributed by atoms with E-state index in [-0.39, 0.29) is 22.7 Å². The molecule has 2 aromatic rings. The molecule has 2 heterocycles. The van der Waals surface area contributed by atoms with Gasteiger partial charge in [-0.15, -0.1) is 0 Å². The lowest BCUT2D eigenvalue weighted by Crippen LogP contribution is -2.40. The standard InChI is InChI=1S/C15H16ClFN4O2/c16-10-1-2-12(11(17)7-10)19-15(22)21-5-3-9(4-6-21)13-8-14(18)23-20-13/h1-2,7-9H,3-6,18H2,(H,19,22). The van der Waals surface area contributed by atoms with Gasteiger partial charge in [-0.25, -0.2) is 9.18 Å². The Kier molecular flexibility index (Phi) is 4.38. The van der Waals surface area contributed by atoms with Crippen LogP contribution in [0, 0.1) is 5.82 Å². The quantitative estimate of drug-likeness (QED) is 0.878. The van der Waals surface area contributed by atoms with Crippen LogP contribution >= 0.6 is 11.6 Å². The molecule has 0 saturated carbocycles. The van der Waals surface area contributed by atoms with Crippen molar-refractivity contribution < 1.29 is 13.7 Å². The molecule has 1 aromatic heterocycles. The van der Waals surface area contributed by atoms with Crippen molar-refractivity contribution in [3.8, 4) is 0 Å². The third-order valence-corrected chi connectivity index (χ3v) is 4.15. The number of carbonyl (C=O) groups excluding carboxylic acids is 1. The number of nitrogens with two attached hydrogens (primary N) is 1. The summed E-state index contributed by atoms with van der Waals surface area (Å²) in [4.78, 5) is 13.9. The molecule has 3 rings (SSSR count). The number of amides is 2. The van der Waals surface area contributed by atoms with Crippen LogP contribution in [0.5, 0.6) is 0 Å². The molecule has 6 nitrogen and oxygen atoms in total. The topological polar surface area (TPSA) is 84.4 Å². The largest absolute Gasteiger partial charge is 0.368 e. The molecule has 0 bridgehead atoms. The highest BCUT2D eigenvalue weighted by Crippen LogP contribution is 2.28. The SMILES string of the molecule is Nc1cc(C2CCN(C(=O)Nc3ccc(Cl)cc3F)CC2)no1. The van der Waals surface area contributed by atoms with Gasteiger partial charge in [0.15, 0.2) is 0 Å². The number of halogens is 2. The minimum atomic E-state index is -0.557. The molecule has 0 aliphatic carbocycles. The van der Waals surface area contributed by atoms with Gasteiger partial charge in [0, 0.05) is 30.1 Å². The van der Waals surface area contributed by atoms with E-state index in [0.717, 1.165) is 18.5 Å². The van der Waals surface area contributed by atoms with Gasteiger partial charge in [0.1, 0.15) is 5.82 Å². The third-order valence-electron chi connectivity index (χ3n) is 3.92. The van der Waals surface area contributed by atoms with E-state index in [1.165, 1.54) is 18.2 Å². The molecule has 1 aliphatic rings. The number of nitrogen functional groups attached to an aromatic ring is 1. The summed E-state index contributed by atoms with van der Waals surface area (Å²) in [7, 11) is 0. The van der Waals surface area contributed by atoms with Crippen molar-refractivity contribution in [1.82, 2.24) is 10.1 Å². The minimum Gasteiger partial charge on any atom is -0.368 e. The number of carbonyl (C=O) groups is 1. The van der Waals surface area contributed by atoms with Crippen LogP contribution < -0.4 is 11.1 Å². The maximum atomic E-state index is 13.7. The fraction of sp³-hybridized carbons (Fsp3) is 0.333. The summed E-state index contributed by atoms with van der Waals surface area (Å²) in [6.07, 6.45) is 1.50.